The van der Waals surface area contributed by atoms with Crippen LogP contribution >= 0.6 is 0 Å². The van der Waals surface area contributed by atoms with Gasteiger partial charge in [0.25, 0.3) is 0 Å². The Bertz CT molecular complexity index is 513. The molecule has 3 nitrogen and oxygen atoms in total. The van der Waals surface area contributed by atoms with Gasteiger partial charge >= 0.3 is 0 Å². The molecular formula is C12H12B5NO2. The van der Waals surface area contributed by atoms with Crippen LogP contribution in [0.5, 0.6) is 11.5 Å². The molecule has 2 rings (SSSR count). The minimum absolute atomic E-state index is 0.478. The van der Waals surface area contributed by atoms with Gasteiger partial charge in [-0.15, -0.1) is 0 Å². The Morgan fingerprint density at radius 2 is 1.70 bits per heavy atom. The Hall–Kier alpha value is -0.895. The second-order valence-electron chi connectivity index (χ2n) is 5.71. The zero-order valence-electron chi connectivity index (χ0n) is 11.6. The van der Waals surface area contributed by atoms with Crippen molar-refractivity contribution in [3.8, 4) is 11.5 Å². The summed E-state index contributed by atoms with van der Waals surface area (Å²) in [6, 6.07) is 5.35. The zero-order chi connectivity index (χ0) is 15.2. The van der Waals surface area contributed by atoms with Gasteiger partial charge in [0.1, 0.15) is 0 Å². The molecule has 0 bridgehead atoms. The van der Waals surface area contributed by atoms with Crippen LogP contribution in [-0.2, 0) is 6.42 Å². The molecule has 10 radical (unpaired) electrons. The Labute approximate surface area is 126 Å². The summed E-state index contributed by atoms with van der Waals surface area (Å²) in [6.07, 6.45) is 0.482. The quantitative estimate of drug-likeness (QED) is 0.732. The maximum absolute atomic E-state index is 6.14. The monoisotopic (exact) mass is 257 g/mol. The molecule has 1 aliphatic rings. The molecule has 20 heavy (non-hydrogen) atoms. The van der Waals surface area contributed by atoms with Gasteiger partial charge in [-0.05, 0) is 29.6 Å². The van der Waals surface area contributed by atoms with Gasteiger partial charge in [-0.2, -0.15) is 0 Å². The lowest BCUT2D eigenvalue weighted by molar-refractivity contribution is 0.0833. The van der Waals surface area contributed by atoms with E-state index in [-0.39, 0.29) is 0 Å². The molecule has 1 unspecified atom stereocenters. The molecule has 1 aromatic carbocycles. The first-order chi connectivity index (χ1) is 8.96. The predicted molar refractivity (Wildman–Crippen MR) is 82.8 cm³/mol. The number of hydrogen-bond donors (Lipinski definition) is 1. The fraction of sp³-hybridized carbons (Fsp3) is 0.500. The molecule has 1 N–H and O–H groups in total. The summed E-state index contributed by atoms with van der Waals surface area (Å²) in [5.41, 5.74) is -1.50. The van der Waals surface area contributed by atoms with Crippen molar-refractivity contribution in [3.05, 3.63) is 23.8 Å². The highest BCUT2D eigenvalue weighted by Crippen LogP contribution is 2.38. The summed E-state index contributed by atoms with van der Waals surface area (Å²) in [4.78, 5) is 0. The van der Waals surface area contributed by atoms with Crippen molar-refractivity contribution in [2.24, 2.45) is 0 Å². The average Bonchev–Trinajstić information content (AvgIpc) is 2.46. The highest BCUT2D eigenvalue weighted by Gasteiger charge is 2.31. The summed E-state index contributed by atoms with van der Waals surface area (Å²) in [5, 5.41) is 1.87. The van der Waals surface area contributed by atoms with Crippen molar-refractivity contribution >= 4 is 39.2 Å². The summed E-state index contributed by atoms with van der Waals surface area (Å²) >= 11 is 0. The van der Waals surface area contributed by atoms with Crippen LogP contribution in [0, 0.1) is 0 Å². The van der Waals surface area contributed by atoms with Crippen molar-refractivity contribution in [2.45, 2.75) is 36.6 Å². The van der Waals surface area contributed by atoms with Crippen molar-refractivity contribution < 1.29 is 9.47 Å². The van der Waals surface area contributed by atoms with Crippen molar-refractivity contribution in [1.29, 1.82) is 0 Å². The third kappa shape index (κ3) is 4.05. The normalized spacial score (nSPS) is 19.5. The van der Waals surface area contributed by atoms with E-state index in [0.29, 0.717) is 17.9 Å². The molecule has 8 heteroatoms. The number of fused-ring (bicyclic) bond motifs is 1. The summed E-state index contributed by atoms with van der Waals surface area (Å²) < 4.78 is 10.5. The second-order valence-corrected chi connectivity index (χ2v) is 5.71. The summed E-state index contributed by atoms with van der Waals surface area (Å²) in [6.45, 7) is 3.43. The maximum Gasteiger partial charge on any atom is 0.175 e. The standard InChI is InChI=1S/C12H12B5NO2/c1-10(13,18-11(2,14)15)6-7-3-4-8-9(5-7)20-12(16,17)19-8/h3-5,18H,6H2,1-2H3. The van der Waals surface area contributed by atoms with Crippen LogP contribution in [0.15, 0.2) is 18.2 Å². The van der Waals surface area contributed by atoms with Gasteiger partial charge in [-0.1, -0.05) is 25.3 Å². The molecule has 0 aliphatic carbocycles. The Morgan fingerprint density at radius 3 is 2.30 bits per heavy atom. The van der Waals surface area contributed by atoms with Crippen LogP contribution in [0.4, 0.5) is 0 Å². The third-order valence-corrected chi connectivity index (χ3v) is 2.67. The highest BCUT2D eigenvalue weighted by atomic mass is 16.7. The molecule has 0 fully saturated rings. The first-order valence-corrected chi connectivity index (χ1v) is 6.21. The number of ether oxygens (including phenoxy) is 2. The Morgan fingerprint density at radius 1 is 1.10 bits per heavy atom. The Balaban J connectivity index is 2.13. The topological polar surface area (TPSA) is 30.5 Å². The van der Waals surface area contributed by atoms with E-state index in [0.717, 1.165) is 5.56 Å². The molecule has 1 aromatic rings. The molecule has 1 aliphatic heterocycles. The van der Waals surface area contributed by atoms with Crippen LogP contribution in [0.3, 0.4) is 0 Å². The van der Waals surface area contributed by atoms with Gasteiger partial charge in [0.15, 0.2) is 32.8 Å². The molecule has 0 saturated heterocycles. The summed E-state index contributed by atoms with van der Waals surface area (Å²) in [7, 11) is 28.7. The maximum atomic E-state index is 6.14. The lowest BCUT2D eigenvalue weighted by atomic mass is 9.60. The zero-order valence-corrected chi connectivity index (χ0v) is 11.6. The van der Waals surface area contributed by atoms with Crippen LogP contribution in [0.1, 0.15) is 19.4 Å². The third-order valence-electron chi connectivity index (χ3n) is 2.67. The van der Waals surface area contributed by atoms with Crippen molar-refractivity contribution in [1.82, 2.24) is 5.32 Å². The van der Waals surface area contributed by atoms with E-state index < -0.39 is 16.4 Å². The minimum atomic E-state index is -1.63. The molecular weight excluding hydrogens is 244 g/mol. The SMILES string of the molecule is [B]C([B])(C)NC([B])(C)Cc1ccc2c(c1)OC([B])([B])O2. The van der Waals surface area contributed by atoms with Crippen molar-refractivity contribution in [2.75, 3.05) is 0 Å². The van der Waals surface area contributed by atoms with Crippen LogP contribution < -0.4 is 14.8 Å². The number of rotatable bonds is 4. The van der Waals surface area contributed by atoms with Gasteiger partial charge < -0.3 is 14.8 Å². The first kappa shape index (κ1) is 15.5. The van der Waals surface area contributed by atoms with E-state index in [1.807, 2.05) is 6.07 Å². The van der Waals surface area contributed by atoms with Crippen LogP contribution in [0.25, 0.3) is 0 Å². The van der Waals surface area contributed by atoms with Crippen LogP contribution in [-0.4, -0.2) is 55.6 Å². The average molecular weight is 256 g/mol. The fourth-order valence-electron chi connectivity index (χ4n) is 2.27. The van der Waals surface area contributed by atoms with E-state index in [1.165, 1.54) is 0 Å². The van der Waals surface area contributed by atoms with Gasteiger partial charge in [-0.25, -0.2) is 0 Å². The molecule has 0 saturated carbocycles. The molecule has 1 atom stereocenters. The van der Waals surface area contributed by atoms with Gasteiger partial charge in [0.2, 0.25) is 0 Å². The lowest BCUT2D eigenvalue weighted by Crippen LogP contribution is -2.57. The second kappa shape index (κ2) is 4.83. The van der Waals surface area contributed by atoms with Gasteiger partial charge in [0.05, 0.1) is 23.5 Å². The Kier molecular flexibility index (Phi) is 3.74. The smallest absolute Gasteiger partial charge is 0.175 e. The number of benzene rings is 1. The van der Waals surface area contributed by atoms with E-state index in [9.17, 15) is 0 Å². The predicted octanol–water partition coefficient (Wildman–Crippen LogP) is -0.566. The highest BCUT2D eigenvalue weighted by molar-refractivity contribution is 6.40. The minimum Gasteiger partial charge on any atom is -0.468 e. The number of hydrogen-bond acceptors (Lipinski definition) is 3. The largest absolute Gasteiger partial charge is 0.468 e. The molecule has 92 valence electrons. The molecule has 0 spiro atoms. The summed E-state index contributed by atoms with van der Waals surface area (Å²) in [5.74, 6) is 0.972. The molecule has 0 aromatic heterocycles. The lowest BCUT2D eigenvalue weighted by Gasteiger charge is -2.36. The van der Waals surface area contributed by atoms with Gasteiger partial charge in [-0.3, -0.25) is 0 Å². The van der Waals surface area contributed by atoms with Gasteiger partial charge in [0, 0.05) is 0 Å². The van der Waals surface area contributed by atoms with Crippen LogP contribution in [0.2, 0.25) is 0 Å². The first-order valence-electron chi connectivity index (χ1n) is 6.21. The fourth-order valence-corrected chi connectivity index (χ4v) is 2.27. The molecule has 1 heterocycles. The van der Waals surface area contributed by atoms with E-state index in [4.69, 9.17) is 48.7 Å². The number of nitrogens with one attached hydrogen (secondary N) is 1. The molecule has 0 amide bonds. The van der Waals surface area contributed by atoms with Crippen molar-refractivity contribution in [3.63, 3.8) is 0 Å². The van der Waals surface area contributed by atoms with E-state index in [1.54, 1.807) is 26.0 Å². The van der Waals surface area contributed by atoms with E-state index >= 15 is 0 Å². The van der Waals surface area contributed by atoms with E-state index in [2.05, 4.69) is 5.32 Å².